The first-order valence-electron chi connectivity index (χ1n) is 9.90. The number of carboxylic acid groups (broad SMARTS) is 1. The number of methoxy groups -OCH3 is 4. The molecule has 8 heteroatoms. The predicted octanol–water partition coefficient (Wildman–Crippen LogP) is 4.23. The number of ketones is 1. The van der Waals surface area contributed by atoms with Crippen LogP contribution in [0.3, 0.4) is 0 Å². The van der Waals surface area contributed by atoms with Gasteiger partial charge in [0.05, 0.1) is 34.0 Å². The molecule has 172 valence electrons. The number of aromatic carboxylic acids is 1. The first-order valence-corrected chi connectivity index (χ1v) is 9.90. The van der Waals surface area contributed by atoms with Gasteiger partial charge in [-0.15, -0.1) is 0 Å². The SMILES string of the molecule is COc1cc(C(=O)c2cc(OC)c(OC)c(OC)c2)c(C(=O)O)cc1OCc1ccccc1. The Morgan fingerprint density at radius 1 is 0.727 bits per heavy atom. The average molecular weight is 452 g/mol. The highest BCUT2D eigenvalue weighted by molar-refractivity contribution is 6.15. The zero-order valence-corrected chi connectivity index (χ0v) is 18.7. The molecule has 0 spiro atoms. The van der Waals surface area contributed by atoms with Crippen molar-refractivity contribution < 1.29 is 38.4 Å². The predicted molar refractivity (Wildman–Crippen MR) is 120 cm³/mol. The van der Waals surface area contributed by atoms with Gasteiger partial charge in [-0.1, -0.05) is 30.3 Å². The fourth-order valence-electron chi connectivity index (χ4n) is 3.30. The molecular formula is C25H24O8. The molecule has 8 nitrogen and oxygen atoms in total. The van der Waals surface area contributed by atoms with Crippen molar-refractivity contribution in [3.8, 4) is 28.7 Å². The Labute approximate surface area is 191 Å². The Hall–Kier alpha value is -4.20. The van der Waals surface area contributed by atoms with E-state index in [4.69, 9.17) is 23.7 Å². The summed E-state index contributed by atoms with van der Waals surface area (Å²) in [6.45, 7) is 0.205. The highest BCUT2D eigenvalue weighted by atomic mass is 16.5. The van der Waals surface area contributed by atoms with E-state index in [9.17, 15) is 14.7 Å². The van der Waals surface area contributed by atoms with Crippen LogP contribution in [-0.2, 0) is 6.61 Å². The van der Waals surface area contributed by atoms with Crippen LogP contribution in [0.25, 0.3) is 0 Å². The first-order chi connectivity index (χ1) is 15.9. The number of carbonyl (C=O) groups is 2. The van der Waals surface area contributed by atoms with Gasteiger partial charge in [0.15, 0.2) is 28.8 Å². The second kappa shape index (κ2) is 10.4. The van der Waals surface area contributed by atoms with Crippen LogP contribution in [-0.4, -0.2) is 45.3 Å². The number of hydrogen-bond acceptors (Lipinski definition) is 7. The topological polar surface area (TPSA) is 101 Å². The average Bonchev–Trinajstić information content (AvgIpc) is 2.85. The van der Waals surface area contributed by atoms with E-state index >= 15 is 0 Å². The van der Waals surface area contributed by atoms with Gasteiger partial charge in [0, 0.05) is 11.1 Å². The van der Waals surface area contributed by atoms with Gasteiger partial charge in [-0.25, -0.2) is 4.79 Å². The van der Waals surface area contributed by atoms with Gasteiger partial charge in [-0.05, 0) is 29.8 Å². The molecule has 0 amide bonds. The molecule has 0 saturated heterocycles. The number of hydrogen-bond donors (Lipinski definition) is 1. The minimum atomic E-state index is -1.28. The minimum Gasteiger partial charge on any atom is -0.493 e. The maximum atomic E-state index is 13.4. The van der Waals surface area contributed by atoms with Crippen molar-refractivity contribution in [3.05, 3.63) is 76.9 Å². The van der Waals surface area contributed by atoms with Crippen LogP contribution in [0.1, 0.15) is 31.8 Å². The molecule has 0 unspecified atom stereocenters. The Bertz CT molecular complexity index is 1130. The van der Waals surface area contributed by atoms with Crippen LogP contribution >= 0.6 is 0 Å². The molecule has 33 heavy (non-hydrogen) atoms. The van der Waals surface area contributed by atoms with Crippen LogP contribution in [0.5, 0.6) is 28.7 Å². The summed E-state index contributed by atoms with van der Waals surface area (Å²) in [5.74, 6) is -0.541. The lowest BCUT2D eigenvalue weighted by Gasteiger charge is -2.16. The second-order valence-corrected chi connectivity index (χ2v) is 6.87. The van der Waals surface area contributed by atoms with Crippen LogP contribution in [0.4, 0.5) is 0 Å². The third-order valence-corrected chi connectivity index (χ3v) is 4.94. The third-order valence-electron chi connectivity index (χ3n) is 4.94. The molecule has 0 saturated carbocycles. The summed E-state index contributed by atoms with van der Waals surface area (Å²) < 4.78 is 27.1. The molecule has 0 aromatic heterocycles. The van der Waals surface area contributed by atoms with E-state index in [1.54, 1.807) is 0 Å². The monoisotopic (exact) mass is 452 g/mol. The van der Waals surface area contributed by atoms with Crippen molar-refractivity contribution in [3.63, 3.8) is 0 Å². The van der Waals surface area contributed by atoms with E-state index in [-0.39, 0.29) is 46.3 Å². The Kier molecular flexibility index (Phi) is 7.40. The summed E-state index contributed by atoms with van der Waals surface area (Å²) in [5, 5.41) is 9.80. The fraction of sp³-hybridized carbons (Fsp3) is 0.200. The van der Waals surface area contributed by atoms with Crippen molar-refractivity contribution >= 4 is 11.8 Å². The third kappa shape index (κ3) is 5.01. The Morgan fingerprint density at radius 2 is 1.30 bits per heavy atom. The smallest absolute Gasteiger partial charge is 0.336 e. The molecule has 3 rings (SSSR count). The van der Waals surface area contributed by atoms with E-state index in [2.05, 4.69) is 0 Å². The van der Waals surface area contributed by atoms with Crippen molar-refractivity contribution in [2.45, 2.75) is 6.61 Å². The maximum absolute atomic E-state index is 13.4. The summed E-state index contributed by atoms with van der Waals surface area (Å²) in [6.07, 6.45) is 0. The van der Waals surface area contributed by atoms with E-state index in [0.717, 1.165) is 5.56 Å². The van der Waals surface area contributed by atoms with E-state index in [1.165, 1.54) is 52.7 Å². The van der Waals surface area contributed by atoms with Crippen LogP contribution < -0.4 is 23.7 Å². The standard InChI is InChI=1S/C25H24O8/c1-29-19-12-17(23(26)16-10-21(30-2)24(32-4)22(11-16)31-3)18(25(27)28)13-20(19)33-14-15-8-6-5-7-9-15/h5-13H,14H2,1-4H3,(H,27,28). The lowest BCUT2D eigenvalue weighted by atomic mass is 9.97. The summed E-state index contributed by atoms with van der Waals surface area (Å²) in [6, 6.07) is 15.0. The molecule has 3 aromatic rings. The highest BCUT2D eigenvalue weighted by Crippen LogP contribution is 2.39. The summed E-state index contributed by atoms with van der Waals surface area (Å²) in [5.41, 5.74) is 0.763. The van der Waals surface area contributed by atoms with Gasteiger partial charge in [-0.2, -0.15) is 0 Å². The normalized spacial score (nSPS) is 10.3. The maximum Gasteiger partial charge on any atom is 0.336 e. The Balaban J connectivity index is 2.05. The number of carboxylic acids is 1. The quantitative estimate of drug-likeness (QED) is 0.456. The van der Waals surface area contributed by atoms with Gasteiger partial charge in [0.25, 0.3) is 0 Å². The molecule has 0 fully saturated rings. The molecular weight excluding hydrogens is 428 g/mol. The number of carbonyl (C=O) groups excluding carboxylic acids is 1. The lowest BCUT2D eigenvalue weighted by molar-refractivity contribution is 0.0692. The molecule has 0 heterocycles. The van der Waals surface area contributed by atoms with Gasteiger partial charge >= 0.3 is 5.97 Å². The summed E-state index contributed by atoms with van der Waals surface area (Å²) >= 11 is 0. The van der Waals surface area contributed by atoms with Gasteiger partial charge in [0.2, 0.25) is 5.75 Å². The van der Waals surface area contributed by atoms with Crippen molar-refractivity contribution in [2.24, 2.45) is 0 Å². The van der Waals surface area contributed by atoms with Gasteiger partial charge in [-0.3, -0.25) is 4.79 Å². The van der Waals surface area contributed by atoms with Crippen molar-refractivity contribution in [2.75, 3.05) is 28.4 Å². The molecule has 0 aliphatic heterocycles. The zero-order chi connectivity index (χ0) is 24.0. The van der Waals surface area contributed by atoms with Crippen LogP contribution in [0.15, 0.2) is 54.6 Å². The van der Waals surface area contributed by atoms with Crippen molar-refractivity contribution in [1.29, 1.82) is 0 Å². The molecule has 3 aromatic carbocycles. The first kappa shape index (κ1) is 23.5. The zero-order valence-electron chi connectivity index (χ0n) is 18.7. The van der Waals surface area contributed by atoms with Gasteiger partial charge < -0.3 is 28.8 Å². The Morgan fingerprint density at radius 3 is 1.82 bits per heavy atom. The summed E-state index contributed by atoms with van der Waals surface area (Å²) in [4.78, 5) is 25.4. The molecule has 1 N–H and O–H groups in total. The van der Waals surface area contributed by atoms with Crippen LogP contribution in [0.2, 0.25) is 0 Å². The molecule has 0 aliphatic carbocycles. The van der Waals surface area contributed by atoms with E-state index in [0.29, 0.717) is 5.75 Å². The molecule has 0 atom stereocenters. The number of benzene rings is 3. The summed E-state index contributed by atoms with van der Waals surface area (Å²) in [7, 11) is 5.72. The number of ether oxygens (including phenoxy) is 5. The highest BCUT2D eigenvalue weighted by Gasteiger charge is 2.25. The second-order valence-electron chi connectivity index (χ2n) is 6.87. The van der Waals surface area contributed by atoms with Crippen LogP contribution in [0, 0.1) is 0 Å². The van der Waals surface area contributed by atoms with Gasteiger partial charge in [0.1, 0.15) is 6.61 Å². The lowest BCUT2D eigenvalue weighted by Crippen LogP contribution is -2.12. The molecule has 0 radical (unpaired) electrons. The number of rotatable bonds is 10. The fourth-order valence-corrected chi connectivity index (χ4v) is 3.30. The molecule has 0 bridgehead atoms. The molecule has 0 aliphatic rings. The minimum absolute atomic E-state index is 0.0688. The largest absolute Gasteiger partial charge is 0.493 e. The van der Waals surface area contributed by atoms with E-state index in [1.807, 2.05) is 30.3 Å². The van der Waals surface area contributed by atoms with E-state index < -0.39 is 11.8 Å². The van der Waals surface area contributed by atoms with Crippen molar-refractivity contribution in [1.82, 2.24) is 0 Å².